The molecule has 0 saturated carbocycles. The average molecular weight is 592 g/mol. The molecule has 4 rings (SSSR count). The van der Waals surface area contributed by atoms with E-state index in [1.807, 2.05) is 32.8 Å². The molecule has 0 fully saturated rings. The van der Waals surface area contributed by atoms with Crippen LogP contribution >= 0.6 is 0 Å². The molecule has 1 aromatic carbocycles. The molecule has 1 amide bonds. The molecular weight excluding hydrogens is 564 g/mol. The quantitative estimate of drug-likeness (QED) is 0.236. The van der Waals surface area contributed by atoms with Crippen molar-refractivity contribution in [3.8, 4) is 11.4 Å². The van der Waals surface area contributed by atoms with Crippen molar-refractivity contribution in [1.29, 1.82) is 0 Å². The molecule has 0 atom stereocenters. The normalized spacial score (nSPS) is 12.5. The molecule has 0 radical (unpaired) electrons. The van der Waals surface area contributed by atoms with Gasteiger partial charge < -0.3 is 15.5 Å². The van der Waals surface area contributed by atoms with Crippen molar-refractivity contribution >= 4 is 28.4 Å². The Labute approximate surface area is 237 Å². The van der Waals surface area contributed by atoms with Crippen LogP contribution in [0.5, 0.6) is 0 Å². The number of fused-ring (bicyclic) bond motifs is 1. The molecule has 2 N–H and O–H groups in total. The van der Waals surface area contributed by atoms with E-state index in [0.29, 0.717) is 6.54 Å². The second kappa shape index (κ2) is 11.5. The summed E-state index contributed by atoms with van der Waals surface area (Å²) < 4.78 is 80.1. The van der Waals surface area contributed by atoms with Crippen LogP contribution < -0.4 is 10.6 Å². The molecule has 4 aromatic rings. The molecule has 0 spiro atoms. The zero-order valence-corrected chi connectivity index (χ0v) is 23.0. The fourth-order valence-corrected chi connectivity index (χ4v) is 4.37. The molecule has 0 bridgehead atoms. The second-order valence-electron chi connectivity index (χ2n) is 10.6. The van der Waals surface area contributed by atoms with Crippen LogP contribution in [0.2, 0.25) is 0 Å². The van der Waals surface area contributed by atoms with Crippen molar-refractivity contribution in [3.05, 3.63) is 71.7 Å². The molecule has 3 heterocycles. The van der Waals surface area contributed by atoms with E-state index < -0.39 is 35.1 Å². The van der Waals surface area contributed by atoms with Gasteiger partial charge in [-0.3, -0.25) is 9.78 Å². The number of benzene rings is 1. The number of halogens is 6. The van der Waals surface area contributed by atoms with Crippen LogP contribution in [0.15, 0.2) is 54.7 Å². The predicted molar refractivity (Wildman–Crippen MR) is 145 cm³/mol. The molecule has 3 aromatic heterocycles. The second-order valence-corrected chi connectivity index (χ2v) is 10.6. The molecule has 0 saturated heterocycles. The number of nitrogens with zero attached hydrogens (tertiary/aromatic N) is 5. The first-order valence-electron chi connectivity index (χ1n) is 12.6. The van der Waals surface area contributed by atoms with Gasteiger partial charge >= 0.3 is 12.4 Å². The Balaban J connectivity index is 1.78. The van der Waals surface area contributed by atoms with Crippen molar-refractivity contribution in [1.82, 2.24) is 30.2 Å². The summed E-state index contributed by atoms with van der Waals surface area (Å²) in [5, 5.41) is 5.86. The number of alkyl halides is 6. The maximum absolute atomic E-state index is 13.7. The molecule has 0 aliphatic carbocycles. The maximum Gasteiger partial charge on any atom is 0.418 e. The number of amides is 1. The number of carbonyl (C=O) groups excluding carboxylic acids is 1. The smallest absolute Gasteiger partial charge is 0.349 e. The molecule has 0 aliphatic rings. The third-order valence-electron chi connectivity index (χ3n) is 6.07. The van der Waals surface area contributed by atoms with Crippen LogP contribution in [0, 0.1) is 5.41 Å². The summed E-state index contributed by atoms with van der Waals surface area (Å²) in [6.07, 6.45) is -8.04. The molecule has 0 aliphatic heterocycles. The number of pyridine rings is 2. The van der Waals surface area contributed by atoms with Gasteiger partial charge in [0, 0.05) is 25.0 Å². The number of rotatable bonds is 8. The van der Waals surface area contributed by atoms with Crippen LogP contribution in [0.4, 0.5) is 37.8 Å². The van der Waals surface area contributed by atoms with E-state index in [9.17, 15) is 31.1 Å². The molecular formula is C28H27F6N7O. The van der Waals surface area contributed by atoms with Crippen molar-refractivity contribution in [2.75, 3.05) is 32.5 Å². The largest absolute Gasteiger partial charge is 0.418 e. The number of carbonyl (C=O) groups is 1. The Bertz CT molecular complexity index is 1580. The van der Waals surface area contributed by atoms with E-state index in [-0.39, 0.29) is 46.0 Å². The summed E-state index contributed by atoms with van der Waals surface area (Å²) in [7, 11) is 3.79. The van der Waals surface area contributed by atoms with Crippen molar-refractivity contribution in [3.63, 3.8) is 0 Å². The summed E-state index contributed by atoms with van der Waals surface area (Å²) >= 11 is 0. The first kappa shape index (κ1) is 30.6. The van der Waals surface area contributed by atoms with Gasteiger partial charge in [0.1, 0.15) is 11.5 Å². The van der Waals surface area contributed by atoms with Crippen LogP contribution in [-0.2, 0) is 12.4 Å². The van der Waals surface area contributed by atoms with Crippen molar-refractivity contribution < 1.29 is 31.1 Å². The van der Waals surface area contributed by atoms with Gasteiger partial charge in [-0.15, -0.1) is 0 Å². The Hall–Kier alpha value is -4.33. The summed E-state index contributed by atoms with van der Waals surface area (Å²) in [5.41, 5.74) is -2.66. The summed E-state index contributed by atoms with van der Waals surface area (Å²) in [5.74, 6) is -0.979. The van der Waals surface area contributed by atoms with E-state index in [1.54, 1.807) is 0 Å². The molecule has 222 valence electrons. The molecule has 14 heteroatoms. The third-order valence-corrected chi connectivity index (χ3v) is 6.07. The van der Waals surface area contributed by atoms with Crippen LogP contribution in [0.1, 0.15) is 35.6 Å². The summed E-state index contributed by atoms with van der Waals surface area (Å²) in [4.78, 5) is 31.7. The van der Waals surface area contributed by atoms with Gasteiger partial charge in [0.15, 0.2) is 5.65 Å². The maximum atomic E-state index is 13.7. The van der Waals surface area contributed by atoms with E-state index in [1.165, 1.54) is 30.5 Å². The van der Waals surface area contributed by atoms with Gasteiger partial charge in [-0.2, -0.15) is 26.3 Å². The fourth-order valence-electron chi connectivity index (χ4n) is 4.37. The van der Waals surface area contributed by atoms with Gasteiger partial charge in [0.05, 0.1) is 22.2 Å². The first-order valence-corrected chi connectivity index (χ1v) is 12.6. The zero-order chi connectivity index (χ0) is 30.9. The summed E-state index contributed by atoms with van der Waals surface area (Å²) in [6.45, 7) is 4.81. The van der Waals surface area contributed by atoms with Crippen molar-refractivity contribution in [2.24, 2.45) is 5.41 Å². The minimum atomic E-state index is -4.70. The SMILES string of the molecule is CN(C)CC(C)(C)CNC(=O)c1nc(Nc2ccc(C(F)(F)F)cc2)c2ccc(-c3ncccc3C(F)(F)F)nc2n1. The zero-order valence-electron chi connectivity index (χ0n) is 23.0. The highest BCUT2D eigenvalue weighted by Gasteiger charge is 2.35. The number of aromatic nitrogens is 4. The topological polar surface area (TPSA) is 95.9 Å². The lowest BCUT2D eigenvalue weighted by Gasteiger charge is -2.28. The predicted octanol–water partition coefficient (Wildman–Crippen LogP) is 6.19. The fraction of sp³-hybridized carbons (Fsp3) is 0.321. The number of hydrogen-bond acceptors (Lipinski definition) is 7. The van der Waals surface area contributed by atoms with Gasteiger partial charge in [-0.05, 0) is 68.0 Å². The minimum Gasteiger partial charge on any atom is -0.349 e. The van der Waals surface area contributed by atoms with Crippen LogP contribution in [0.25, 0.3) is 22.4 Å². The highest BCUT2D eigenvalue weighted by atomic mass is 19.4. The Morgan fingerprint density at radius 1 is 0.881 bits per heavy atom. The van der Waals surface area contributed by atoms with E-state index in [2.05, 4.69) is 30.6 Å². The van der Waals surface area contributed by atoms with E-state index >= 15 is 0 Å². The lowest BCUT2D eigenvalue weighted by molar-refractivity contribution is -0.138. The van der Waals surface area contributed by atoms with Gasteiger partial charge in [-0.25, -0.2) is 15.0 Å². The van der Waals surface area contributed by atoms with Crippen LogP contribution in [0.3, 0.4) is 0 Å². The lowest BCUT2D eigenvalue weighted by atomic mass is 9.93. The van der Waals surface area contributed by atoms with Crippen LogP contribution in [-0.4, -0.2) is 57.9 Å². The molecule has 42 heavy (non-hydrogen) atoms. The number of nitrogens with one attached hydrogen (secondary N) is 2. The molecule has 8 nitrogen and oxygen atoms in total. The number of anilines is 2. The first-order chi connectivity index (χ1) is 19.5. The van der Waals surface area contributed by atoms with E-state index in [4.69, 9.17) is 0 Å². The Morgan fingerprint density at radius 2 is 1.57 bits per heavy atom. The third kappa shape index (κ3) is 7.29. The highest BCUT2D eigenvalue weighted by Crippen LogP contribution is 2.36. The van der Waals surface area contributed by atoms with Gasteiger partial charge in [-0.1, -0.05) is 13.8 Å². The minimum absolute atomic E-state index is 0.0218. The number of hydrogen-bond donors (Lipinski definition) is 2. The van der Waals surface area contributed by atoms with Gasteiger partial charge in [0.2, 0.25) is 5.82 Å². The highest BCUT2D eigenvalue weighted by molar-refractivity contribution is 5.96. The van der Waals surface area contributed by atoms with Crippen molar-refractivity contribution in [2.45, 2.75) is 26.2 Å². The van der Waals surface area contributed by atoms with E-state index in [0.717, 1.165) is 24.3 Å². The standard InChI is InChI=1S/C28H27F6N7O/c1-26(2,15-41(3)4)14-36-25(42)24-39-22(37-17-9-7-16(8-10-17)27(29,30)31)18-11-12-20(38-23(18)40-24)21-19(28(32,33)34)6-5-13-35-21/h5-13H,14-15H2,1-4H3,(H,36,42)(H,37,38,39,40). The Kier molecular flexibility index (Phi) is 8.39. The Morgan fingerprint density at radius 3 is 2.19 bits per heavy atom. The monoisotopic (exact) mass is 591 g/mol. The molecule has 0 unspecified atom stereocenters. The summed E-state index contributed by atoms with van der Waals surface area (Å²) in [6, 6.07) is 8.86. The van der Waals surface area contributed by atoms with Gasteiger partial charge in [0.25, 0.3) is 5.91 Å². The average Bonchev–Trinajstić information content (AvgIpc) is 2.90. The lowest BCUT2D eigenvalue weighted by Crippen LogP contribution is -2.40.